The molecule has 438 valence electrons. The van der Waals surface area contributed by atoms with E-state index >= 15 is 0 Å². The molecule has 6 N–H and O–H groups in total. The zero-order valence-electron chi connectivity index (χ0n) is 48.3. The SMILES string of the molecule is CC/C=C/C/C=C/CCCCCCCCC(O)C(=O)NC(COC1OC(CO)C(O)C(O)C1OC(=O)CCCCCCC/C=C\C/C=C\C/C=C\C/C=C\CCCCC)C(O)/C=C/CCCCCCCCCCCCC. The molecule has 0 aromatic carbocycles. The fourth-order valence-corrected chi connectivity index (χ4v) is 9.14. The second-order valence-corrected chi connectivity index (χ2v) is 21.0. The highest BCUT2D eigenvalue weighted by Gasteiger charge is 2.47. The van der Waals surface area contributed by atoms with Crippen molar-refractivity contribution in [1.29, 1.82) is 0 Å². The Bertz CT molecular complexity index is 1560. The number of allylic oxidation sites excluding steroid dienone is 13. The summed E-state index contributed by atoms with van der Waals surface area (Å²) >= 11 is 0. The lowest BCUT2D eigenvalue weighted by Crippen LogP contribution is -2.61. The Balaban J connectivity index is 2.70. The summed E-state index contributed by atoms with van der Waals surface area (Å²) < 4.78 is 17.6. The molecule has 1 amide bonds. The predicted molar refractivity (Wildman–Crippen MR) is 315 cm³/mol. The lowest BCUT2D eigenvalue weighted by molar-refractivity contribution is -0.305. The summed E-state index contributed by atoms with van der Waals surface area (Å²) in [5.74, 6) is -1.22. The van der Waals surface area contributed by atoms with Crippen molar-refractivity contribution < 1.29 is 49.3 Å². The van der Waals surface area contributed by atoms with Crippen molar-refractivity contribution in [1.82, 2.24) is 5.32 Å². The third-order valence-corrected chi connectivity index (χ3v) is 14.0. The summed E-state index contributed by atoms with van der Waals surface area (Å²) in [4.78, 5) is 26.5. The van der Waals surface area contributed by atoms with E-state index in [1.54, 1.807) is 6.08 Å². The van der Waals surface area contributed by atoms with Crippen LogP contribution in [0.15, 0.2) is 85.1 Å². The quantitative estimate of drug-likeness (QED) is 0.0195. The minimum atomic E-state index is -1.63. The number of hydrogen-bond acceptors (Lipinski definition) is 10. The van der Waals surface area contributed by atoms with Gasteiger partial charge in [-0.2, -0.15) is 0 Å². The highest BCUT2D eigenvalue weighted by molar-refractivity contribution is 5.80. The van der Waals surface area contributed by atoms with Crippen molar-refractivity contribution in [2.24, 2.45) is 0 Å². The van der Waals surface area contributed by atoms with Crippen LogP contribution in [0.25, 0.3) is 0 Å². The fourth-order valence-electron chi connectivity index (χ4n) is 9.14. The summed E-state index contributed by atoms with van der Waals surface area (Å²) in [7, 11) is 0. The number of aliphatic hydroxyl groups is 5. The molecular formula is C65H113NO10. The van der Waals surface area contributed by atoms with Crippen LogP contribution >= 0.6 is 0 Å². The van der Waals surface area contributed by atoms with E-state index in [2.05, 4.69) is 99.0 Å². The Morgan fingerprint density at radius 3 is 1.45 bits per heavy atom. The van der Waals surface area contributed by atoms with Gasteiger partial charge < -0.3 is 45.1 Å². The van der Waals surface area contributed by atoms with Gasteiger partial charge in [-0.1, -0.05) is 234 Å². The topological polar surface area (TPSA) is 175 Å². The average Bonchev–Trinajstić information content (AvgIpc) is 3.42. The Labute approximate surface area is 463 Å². The number of carbonyl (C=O) groups excluding carboxylic acids is 2. The van der Waals surface area contributed by atoms with Crippen LogP contribution in [0.3, 0.4) is 0 Å². The van der Waals surface area contributed by atoms with Crippen LogP contribution in [0.5, 0.6) is 0 Å². The maximum absolute atomic E-state index is 13.4. The van der Waals surface area contributed by atoms with Gasteiger partial charge in [-0.15, -0.1) is 0 Å². The number of nitrogens with one attached hydrogen (secondary N) is 1. The number of aliphatic hydroxyl groups excluding tert-OH is 5. The Morgan fingerprint density at radius 1 is 0.526 bits per heavy atom. The van der Waals surface area contributed by atoms with Crippen molar-refractivity contribution in [2.75, 3.05) is 13.2 Å². The summed E-state index contributed by atoms with van der Waals surface area (Å²) in [6.07, 6.45) is 57.6. The molecule has 0 aromatic heterocycles. The van der Waals surface area contributed by atoms with Crippen LogP contribution in [-0.2, 0) is 23.8 Å². The Morgan fingerprint density at radius 2 is 0.947 bits per heavy atom. The monoisotopic (exact) mass is 1070 g/mol. The van der Waals surface area contributed by atoms with Crippen molar-refractivity contribution >= 4 is 11.9 Å². The molecule has 1 rings (SSSR count). The van der Waals surface area contributed by atoms with E-state index < -0.39 is 67.4 Å². The van der Waals surface area contributed by atoms with Crippen LogP contribution in [0.4, 0.5) is 0 Å². The molecule has 0 spiro atoms. The molecule has 0 bridgehead atoms. The first-order chi connectivity index (χ1) is 37.2. The van der Waals surface area contributed by atoms with Crippen LogP contribution < -0.4 is 5.32 Å². The molecular weight excluding hydrogens is 955 g/mol. The van der Waals surface area contributed by atoms with Gasteiger partial charge in [-0.25, -0.2) is 0 Å². The summed E-state index contributed by atoms with van der Waals surface area (Å²) in [6, 6.07) is -1.04. The molecule has 8 atom stereocenters. The molecule has 0 aliphatic carbocycles. The molecule has 1 saturated heterocycles. The van der Waals surface area contributed by atoms with Crippen molar-refractivity contribution in [3.8, 4) is 0 Å². The number of ether oxygens (including phenoxy) is 3. The lowest BCUT2D eigenvalue weighted by atomic mass is 9.99. The van der Waals surface area contributed by atoms with Gasteiger partial charge in [0.1, 0.15) is 24.4 Å². The molecule has 0 saturated carbocycles. The third kappa shape index (κ3) is 40.1. The number of rotatable bonds is 51. The standard InChI is InChI=1S/C65H113NO10/c1-4-7-10-13-16-19-22-25-26-27-28-29-30-31-32-35-38-41-44-47-50-53-60(70)76-63-62(72)61(71)59(54-67)75-65(63)74-55-56(57(68)51-48-45-42-39-36-33-23-20-17-14-11-8-5-2)66-64(73)58(69)52-49-46-43-40-37-34-24-21-18-15-12-9-6-3/h9,12,16,18-19,21,25-26,28-29,31-32,48,51,56-59,61-63,65,67-69,71-72H,4-8,10-11,13-15,17,20,22-24,27,30,33-47,49-50,52-55H2,1-3H3,(H,66,73)/b12-9+,19-16-,21-18+,26-25-,29-28-,32-31-,51-48+. The van der Waals surface area contributed by atoms with Gasteiger partial charge in [-0.05, 0) is 96.3 Å². The van der Waals surface area contributed by atoms with Gasteiger partial charge in [-0.3, -0.25) is 9.59 Å². The third-order valence-electron chi connectivity index (χ3n) is 14.0. The maximum atomic E-state index is 13.4. The molecule has 1 aliphatic rings. The van der Waals surface area contributed by atoms with Gasteiger partial charge in [0.2, 0.25) is 5.91 Å². The molecule has 1 heterocycles. The molecule has 11 nitrogen and oxygen atoms in total. The highest BCUT2D eigenvalue weighted by Crippen LogP contribution is 2.26. The van der Waals surface area contributed by atoms with Crippen molar-refractivity contribution in [3.05, 3.63) is 85.1 Å². The largest absolute Gasteiger partial charge is 0.454 e. The van der Waals surface area contributed by atoms with E-state index in [0.717, 1.165) is 122 Å². The van der Waals surface area contributed by atoms with Crippen molar-refractivity contribution in [2.45, 2.75) is 301 Å². The number of hydrogen-bond donors (Lipinski definition) is 6. The summed E-state index contributed by atoms with van der Waals surface area (Å²) in [5, 5.41) is 56.9. The Hall–Kier alpha value is -3.16. The second kappa shape index (κ2) is 52.5. The minimum Gasteiger partial charge on any atom is -0.454 e. The van der Waals surface area contributed by atoms with E-state index in [4.69, 9.17) is 14.2 Å². The van der Waals surface area contributed by atoms with Gasteiger partial charge >= 0.3 is 5.97 Å². The van der Waals surface area contributed by atoms with E-state index in [-0.39, 0.29) is 19.4 Å². The highest BCUT2D eigenvalue weighted by atomic mass is 16.7. The molecule has 1 fully saturated rings. The first kappa shape index (κ1) is 70.9. The molecule has 0 aromatic rings. The number of esters is 1. The molecule has 0 radical (unpaired) electrons. The van der Waals surface area contributed by atoms with Crippen LogP contribution in [0.2, 0.25) is 0 Å². The number of unbranched alkanes of at least 4 members (excludes halogenated alkanes) is 25. The van der Waals surface area contributed by atoms with E-state index in [0.29, 0.717) is 12.8 Å². The molecule has 8 unspecified atom stereocenters. The van der Waals surface area contributed by atoms with E-state index in [1.165, 1.54) is 83.5 Å². The second-order valence-electron chi connectivity index (χ2n) is 21.0. The smallest absolute Gasteiger partial charge is 0.306 e. The van der Waals surface area contributed by atoms with Gasteiger partial charge in [0.15, 0.2) is 12.4 Å². The van der Waals surface area contributed by atoms with E-state index in [1.807, 2.05) is 6.08 Å². The van der Waals surface area contributed by atoms with Gasteiger partial charge in [0.25, 0.3) is 0 Å². The normalized spacial score (nSPS) is 19.7. The molecule has 1 aliphatic heterocycles. The van der Waals surface area contributed by atoms with Gasteiger partial charge in [0.05, 0.1) is 25.4 Å². The summed E-state index contributed by atoms with van der Waals surface area (Å²) in [6.45, 7) is 5.63. The van der Waals surface area contributed by atoms with E-state index in [9.17, 15) is 35.1 Å². The molecule has 11 heteroatoms. The molecule has 76 heavy (non-hydrogen) atoms. The van der Waals surface area contributed by atoms with Crippen LogP contribution in [-0.4, -0.2) is 99.6 Å². The van der Waals surface area contributed by atoms with Crippen molar-refractivity contribution in [3.63, 3.8) is 0 Å². The van der Waals surface area contributed by atoms with Crippen LogP contribution in [0, 0.1) is 0 Å². The van der Waals surface area contributed by atoms with Crippen LogP contribution in [0.1, 0.15) is 252 Å². The fraction of sp³-hybridized carbons (Fsp3) is 0.754. The first-order valence-corrected chi connectivity index (χ1v) is 30.9. The average molecular weight is 1070 g/mol. The minimum absolute atomic E-state index is 0.0981. The number of amides is 1. The zero-order valence-corrected chi connectivity index (χ0v) is 48.3. The predicted octanol–water partition coefficient (Wildman–Crippen LogP) is 14.6. The first-order valence-electron chi connectivity index (χ1n) is 30.9. The summed E-state index contributed by atoms with van der Waals surface area (Å²) in [5.41, 5.74) is 0. The lowest BCUT2D eigenvalue weighted by Gasteiger charge is -2.41. The van der Waals surface area contributed by atoms with Gasteiger partial charge in [0, 0.05) is 6.42 Å². The Kier molecular flexibility index (Phi) is 49.0. The zero-order chi connectivity index (χ0) is 55.4. The number of carbonyl (C=O) groups is 2. The maximum Gasteiger partial charge on any atom is 0.306 e.